The Bertz CT molecular complexity index is 385. The predicted molar refractivity (Wildman–Crippen MR) is 54.0 cm³/mol. The van der Waals surface area contributed by atoms with Gasteiger partial charge < -0.3 is 9.67 Å². The van der Waals surface area contributed by atoms with Crippen molar-refractivity contribution in [2.24, 2.45) is 0 Å². The van der Waals surface area contributed by atoms with Crippen molar-refractivity contribution in [3.05, 3.63) is 24.0 Å². The van der Waals surface area contributed by atoms with E-state index < -0.39 is 17.8 Å². The zero-order valence-corrected chi connectivity index (χ0v) is 9.61. The van der Waals surface area contributed by atoms with E-state index >= 15 is 0 Å². The van der Waals surface area contributed by atoms with E-state index in [0.29, 0.717) is 0 Å². The molecule has 9 heteroatoms. The molecule has 1 unspecified atom stereocenters. The number of hydrogen-bond donors (Lipinski definition) is 1. The first-order valence-corrected chi connectivity index (χ1v) is 5.69. The normalized spacial score (nSPS) is 14.8. The number of alkyl halides is 6. The maximum absolute atomic E-state index is 12.1. The van der Waals surface area contributed by atoms with Crippen LogP contribution in [0.2, 0.25) is 0 Å². The number of thioether (sulfide) groups is 1. The summed E-state index contributed by atoms with van der Waals surface area (Å²) in [4.78, 5) is 0. The Morgan fingerprint density at radius 2 is 1.83 bits per heavy atom. The minimum atomic E-state index is -4.78. The van der Waals surface area contributed by atoms with Crippen LogP contribution < -0.4 is 0 Å². The van der Waals surface area contributed by atoms with Crippen molar-refractivity contribution >= 4 is 11.8 Å². The lowest BCUT2D eigenvalue weighted by atomic mass is 10.2. The van der Waals surface area contributed by atoms with Crippen molar-refractivity contribution in [3.8, 4) is 0 Å². The van der Waals surface area contributed by atoms with Crippen LogP contribution in [0.5, 0.6) is 0 Å². The van der Waals surface area contributed by atoms with Crippen LogP contribution in [0.4, 0.5) is 26.3 Å². The molecular weight excluding hydrogens is 284 g/mol. The van der Waals surface area contributed by atoms with E-state index in [1.807, 2.05) is 0 Å². The highest BCUT2D eigenvalue weighted by atomic mass is 32.2. The number of aryl methyl sites for hydroxylation is 1. The second-order valence-corrected chi connectivity index (χ2v) is 4.58. The van der Waals surface area contributed by atoms with Crippen LogP contribution in [-0.2, 0) is 6.54 Å². The molecule has 1 aromatic rings. The molecule has 0 saturated heterocycles. The zero-order valence-electron chi connectivity index (χ0n) is 8.79. The van der Waals surface area contributed by atoms with Gasteiger partial charge in [-0.1, -0.05) is 0 Å². The third-order valence-electron chi connectivity index (χ3n) is 2.01. The van der Waals surface area contributed by atoms with Crippen LogP contribution >= 0.6 is 11.8 Å². The van der Waals surface area contributed by atoms with Crippen molar-refractivity contribution in [1.29, 1.82) is 0 Å². The molecule has 1 N–H and O–H groups in total. The Labute approximate surface area is 103 Å². The highest BCUT2D eigenvalue weighted by molar-refractivity contribution is 8.00. The fourth-order valence-corrected chi connectivity index (χ4v) is 1.75. The molecule has 1 aromatic heterocycles. The van der Waals surface area contributed by atoms with Crippen LogP contribution in [0, 0.1) is 0 Å². The van der Waals surface area contributed by atoms with E-state index in [-0.39, 0.29) is 29.6 Å². The van der Waals surface area contributed by atoms with Crippen molar-refractivity contribution < 1.29 is 31.4 Å². The van der Waals surface area contributed by atoms with Gasteiger partial charge in [0.1, 0.15) is 0 Å². The minimum Gasteiger partial charge on any atom is -0.379 e. The molecule has 0 saturated carbocycles. The van der Waals surface area contributed by atoms with Gasteiger partial charge in [0.05, 0.1) is 0 Å². The summed E-state index contributed by atoms with van der Waals surface area (Å²) >= 11 is -0.254. The number of aliphatic hydroxyl groups excluding tert-OH is 1. The highest BCUT2D eigenvalue weighted by Gasteiger charge is 2.39. The Morgan fingerprint density at radius 1 is 1.22 bits per heavy atom. The van der Waals surface area contributed by atoms with Gasteiger partial charge >= 0.3 is 11.7 Å². The zero-order chi connectivity index (χ0) is 14.0. The van der Waals surface area contributed by atoms with Gasteiger partial charge in [-0.05, 0) is 17.8 Å². The molecule has 0 fully saturated rings. The third-order valence-corrected chi connectivity index (χ3v) is 2.73. The largest absolute Gasteiger partial charge is 0.441 e. The monoisotopic (exact) mass is 293 g/mol. The Morgan fingerprint density at radius 3 is 2.33 bits per heavy atom. The van der Waals surface area contributed by atoms with Gasteiger partial charge in [-0.3, -0.25) is 0 Å². The SMILES string of the molecule is OC(c1ccn(CCSC(F)(F)F)c1)C(F)(F)F. The fraction of sp³-hybridized carbons (Fsp3) is 0.556. The van der Waals surface area contributed by atoms with Crippen LogP contribution in [-0.4, -0.2) is 27.1 Å². The number of nitrogens with zero attached hydrogens (tertiary/aromatic N) is 1. The van der Waals surface area contributed by atoms with Crippen molar-refractivity contribution in [3.63, 3.8) is 0 Å². The highest BCUT2D eigenvalue weighted by Crippen LogP contribution is 2.33. The van der Waals surface area contributed by atoms with Crippen molar-refractivity contribution in [1.82, 2.24) is 4.57 Å². The van der Waals surface area contributed by atoms with Gasteiger partial charge in [-0.2, -0.15) is 26.3 Å². The topological polar surface area (TPSA) is 25.2 Å². The molecule has 0 aromatic carbocycles. The Kier molecular flexibility index (Phi) is 4.60. The molecule has 0 aliphatic rings. The second kappa shape index (κ2) is 5.43. The van der Waals surface area contributed by atoms with Gasteiger partial charge in [-0.25, -0.2) is 0 Å². The Balaban J connectivity index is 2.54. The van der Waals surface area contributed by atoms with Crippen LogP contribution in [0.25, 0.3) is 0 Å². The third kappa shape index (κ3) is 4.81. The molecule has 18 heavy (non-hydrogen) atoms. The van der Waals surface area contributed by atoms with E-state index in [1.165, 1.54) is 10.8 Å². The average molecular weight is 293 g/mol. The molecule has 0 radical (unpaired) electrons. The summed E-state index contributed by atoms with van der Waals surface area (Å²) in [6, 6.07) is 1.02. The summed E-state index contributed by atoms with van der Waals surface area (Å²) in [6.45, 7) is -0.0885. The maximum atomic E-state index is 12.1. The minimum absolute atomic E-state index is 0.0885. The lowest BCUT2D eigenvalue weighted by molar-refractivity contribution is -0.206. The molecule has 1 atom stereocenters. The molecule has 0 amide bonds. The quantitative estimate of drug-likeness (QED) is 0.861. The summed E-state index contributed by atoms with van der Waals surface area (Å²) in [5.74, 6) is -0.306. The van der Waals surface area contributed by atoms with Crippen LogP contribution in [0.3, 0.4) is 0 Å². The number of aromatic nitrogens is 1. The molecule has 0 aliphatic heterocycles. The lowest BCUT2D eigenvalue weighted by Crippen LogP contribution is -2.19. The number of aliphatic hydroxyl groups is 1. The summed E-state index contributed by atoms with van der Waals surface area (Å²) < 4.78 is 73.0. The standard InChI is InChI=1S/C9H9F6NOS/c10-8(11,12)7(17)6-1-2-16(5-6)3-4-18-9(13,14)15/h1-2,5,7,17H,3-4H2. The summed E-state index contributed by atoms with van der Waals surface area (Å²) in [5.41, 5.74) is -4.75. The van der Waals surface area contributed by atoms with E-state index in [9.17, 15) is 26.3 Å². The first kappa shape index (κ1) is 15.2. The first-order chi connectivity index (χ1) is 8.09. The molecule has 1 heterocycles. The molecule has 1 rings (SSSR count). The molecule has 0 spiro atoms. The van der Waals surface area contributed by atoms with Gasteiger partial charge in [0.2, 0.25) is 0 Å². The molecule has 104 valence electrons. The maximum Gasteiger partial charge on any atom is 0.441 e. The Hall–Kier alpha value is -0.830. The van der Waals surface area contributed by atoms with E-state index in [4.69, 9.17) is 5.11 Å². The first-order valence-electron chi connectivity index (χ1n) is 4.71. The lowest BCUT2D eigenvalue weighted by Gasteiger charge is -2.12. The van der Waals surface area contributed by atoms with Crippen LogP contribution in [0.1, 0.15) is 11.7 Å². The number of halogens is 6. The van der Waals surface area contributed by atoms with Crippen molar-refractivity contribution in [2.45, 2.75) is 24.3 Å². The van der Waals surface area contributed by atoms with Gasteiger partial charge in [-0.15, -0.1) is 0 Å². The van der Waals surface area contributed by atoms with Gasteiger partial charge in [0, 0.05) is 30.3 Å². The van der Waals surface area contributed by atoms with Crippen molar-refractivity contribution in [2.75, 3.05) is 5.75 Å². The summed E-state index contributed by atoms with van der Waals surface area (Å²) in [6.07, 6.45) is -5.22. The summed E-state index contributed by atoms with van der Waals surface area (Å²) in [7, 11) is 0. The van der Waals surface area contributed by atoms with E-state index in [0.717, 1.165) is 12.3 Å². The van der Waals surface area contributed by atoms with E-state index in [1.54, 1.807) is 0 Å². The molecule has 0 aliphatic carbocycles. The number of hydrogen-bond acceptors (Lipinski definition) is 2. The average Bonchev–Trinajstić information content (AvgIpc) is 2.61. The van der Waals surface area contributed by atoms with E-state index in [2.05, 4.69) is 0 Å². The predicted octanol–water partition coefficient (Wildman–Crippen LogP) is 3.34. The van der Waals surface area contributed by atoms with Gasteiger partial charge in [0.15, 0.2) is 6.10 Å². The summed E-state index contributed by atoms with van der Waals surface area (Å²) in [5, 5.41) is 8.90. The fourth-order valence-electron chi connectivity index (χ4n) is 1.22. The molecule has 0 bridgehead atoms. The van der Waals surface area contributed by atoms with Crippen LogP contribution in [0.15, 0.2) is 18.5 Å². The van der Waals surface area contributed by atoms with Gasteiger partial charge in [0.25, 0.3) is 0 Å². The molecule has 2 nitrogen and oxygen atoms in total. The smallest absolute Gasteiger partial charge is 0.379 e. The molecular formula is C9H9F6NOS. The number of rotatable bonds is 4. The second-order valence-electron chi connectivity index (χ2n) is 3.42.